The fourth-order valence-corrected chi connectivity index (χ4v) is 0.859. The van der Waals surface area contributed by atoms with Gasteiger partial charge in [-0.05, 0) is 27.7 Å². The van der Waals surface area contributed by atoms with Crippen LogP contribution in [-0.2, 0) is 9.47 Å². The van der Waals surface area contributed by atoms with Crippen molar-refractivity contribution in [2.45, 2.75) is 39.9 Å². The van der Waals surface area contributed by atoms with Crippen LogP contribution in [0.15, 0.2) is 12.3 Å². The van der Waals surface area contributed by atoms with Crippen LogP contribution in [0.5, 0.6) is 0 Å². The van der Waals surface area contributed by atoms with Crippen molar-refractivity contribution in [3.05, 3.63) is 12.3 Å². The maximum Gasteiger partial charge on any atom is 0.434 e. The molecule has 0 fully saturated rings. The summed E-state index contributed by atoms with van der Waals surface area (Å²) in [4.78, 5) is 22.9. The van der Waals surface area contributed by atoms with Crippen LogP contribution in [-0.4, -0.2) is 29.4 Å². The van der Waals surface area contributed by atoms with Crippen molar-refractivity contribution >= 4 is 12.2 Å². The fourth-order valence-electron chi connectivity index (χ4n) is 0.859. The van der Waals surface area contributed by atoms with Crippen molar-refractivity contribution in [1.29, 1.82) is 5.26 Å². The molecule has 0 aliphatic carbocycles. The maximum atomic E-state index is 11.6. The standard InChI is InChI=1S/C11H17N3O4/c1-7(2)17-10(15)13-14(9(5)6-12)11(16)18-8(3)4/h7-8H,5H2,1-4H3,(H,13,15). The molecule has 1 N–H and O–H groups in total. The number of nitriles is 1. The first-order chi connectivity index (χ1) is 8.27. The zero-order valence-corrected chi connectivity index (χ0v) is 10.9. The van der Waals surface area contributed by atoms with Gasteiger partial charge in [-0.25, -0.2) is 15.0 Å². The van der Waals surface area contributed by atoms with Crippen LogP contribution in [0.1, 0.15) is 27.7 Å². The average molecular weight is 255 g/mol. The molecule has 7 nitrogen and oxygen atoms in total. The number of carbonyl (C=O) groups is 2. The van der Waals surface area contributed by atoms with E-state index in [1.54, 1.807) is 33.8 Å². The largest absolute Gasteiger partial charge is 0.446 e. The van der Waals surface area contributed by atoms with E-state index in [1.165, 1.54) is 0 Å². The molecule has 0 bridgehead atoms. The number of hydrogen-bond donors (Lipinski definition) is 1. The summed E-state index contributed by atoms with van der Waals surface area (Å²) < 4.78 is 9.63. The Morgan fingerprint density at radius 3 is 2.11 bits per heavy atom. The summed E-state index contributed by atoms with van der Waals surface area (Å²) in [6, 6.07) is 1.64. The minimum Gasteiger partial charge on any atom is -0.446 e. The minimum atomic E-state index is -0.905. The predicted molar refractivity (Wildman–Crippen MR) is 63.0 cm³/mol. The van der Waals surface area contributed by atoms with Crippen LogP contribution in [0.4, 0.5) is 9.59 Å². The van der Waals surface area contributed by atoms with Gasteiger partial charge in [-0.15, -0.1) is 0 Å². The minimum absolute atomic E-state index is 0.277. The molecular weight excluding hydrogens is 238 g/mol. The third kappa shape index (κ3) is 5.75. The summed E-state index contributed by atoms with van der Waals surface area (Å²) in [5.74, 6) is 0. The Hall–Kier alpha value is -2.23. The van der Waals surface area contributed by atoms with E-state index in [0.29, 0.717) is 5.01 Å². The molecule has 0 atom stereocenters. The lowest BCUT2D eigenvalue weighted by atomic mass is 10.5. The molecule has 2 amide bonds. The number of rotatable bonds is 3. The Morgan fingerprint density at radius 1 is 1.22 bits per heavy atom. The van der Waals surface area contributed by atoms with Gasteiger partial charge in [0.15, 0.2) is 0 Å². The number of nitrogens with zero attached hydrogens (tertiary/aromatic N) is 2. The van der Waals surface area contributed by atoms with Gasteiger partial charge in [0.05, 0.1) is 12.2 Å². The van der Waals surface area contributed by atoms with Gasteiger partial charge in [-0.1, -0.05) is 6.58 Å². The summed E-state index contributed by atoms with van der Waals surface area (Å²) in [5.41, 5.74) is 1.80. The highest BCUT2D eigenvalue weighted by molar-refractivity contribution is 5.76. The second-order valence-electron chi connectivity index (χ2n) is 3.89. The third-order valence-electron chi connectivity index (χ3n) is 1.46. The Kier molecular flexibility index (Phi) is 6.28. The monoisotopic (exact) mass is 255 g/mol. The van der Waals surface area contributed by atoms with Crippen LogP contribution < -0.4 is 5.43 Å². The van der Waals surface area contributed by atoms with Crippen molar-refractivity contribution in [3.8, 4) is 6.07 Å². The molecule has 0 aromatic heterocycles. The van der Waals surface area contributed by atoms with Crippen LogP contribution in [0.25, 0.3) is 0 Å². The van der Waals surface area contributed by atoms with Gasteiger partial charge >= 0.3 is 12.2 Å². The molecule has 0 aliphatic heterocycles. The zero-order chi connectivity index (χ0) is 14.3. The number of ether oxygens (including phenoxy) is 2. The third-order valence-corrected chi connectivity index (χ3v) is 1.46. The van der Waals surface area contributed by atoms with E-state index < -0.39 is 18.3 Å². The molecule has 0 saturated carbocycles. The number of hydrazine groups is 1. The fraction of sp³-hybridized carbons (Fsp3) is 0.545. The van der Waals surface area contributed by atoms with Gasteiger partial charge in [0.25, 0.3) is 0 Å². The molecule has 0 aromatic carbocycles. The smallest absolute Gasteiger partial charge is 0.434 e. The van der Waals surface area contributed by atoms with Gasteiger partial charge in [-0.3, -0.25) is 0 Å². The van der Waals surface area contributed by atoms with E-state index in [2.05, 4.69) is 12.0 Å². The summed E-state index contributed by atoms with van der Waals surface area (Å²) >= 11 is 0. The summed E-state index contributed by atoms with van der Waals surface area (Å²) in [6.07, 6.45) is -2.53. The average Bonchev–Trinajstić information content (AvgIpc) is 2.22. The van der Waals surface area contributed by atoms with Gasteiger partial charge in [0.2, 0.25) is 0 Å². The topological polar surface area (TPSA) is 91.7 Å². The van der Waals surface area contributed by atoms with Gasteiger partial charge < -0.3 is 9.47 Å². The van der Waals surface area contributed by atoms with Crippen LogP contribution in [0, 0.1) is 11.3 Å². The van der Waals surface area contributed by atoms with E-state index in [-0.39, 0.29) is 11.8 Å². The molecule has 0 unspecified atom stereocenters. The first-order valence-corrected chi connectivity index (χ1v) is 5.35. The Balaban J connectivity index is 4.71. The van der Waals surface area contributed by atoms with Gasteiger partial charge in [-0.2, -0.15) is 10.3 Å². The van der Waals surface area contributed by atoms with E-state index in [1.807, 2.05) is 0 Å². The number of carbonyl (C=O) groups excluding carboxylic acids is 2. The molecule has 0 spiro atoms. The first-order valence-electron chi connectivity index (χ1n) is 5.35. The Bertz CT molecular complexity index is 371. The molecule has 18 heavy (non-hydrogen) atoms. The molecule has 100 valence electrons. The molecule has 0 saturated heterocycles. The number of hydrogen-bond acceptors (Lipinski definition) is 5. The lowest BCUT2D eigenvalue weighted by molar-refractivity contribution is 0.0599. The van der Waals surface area contributed by atoms with Crippen molar-refractivity contribution < 1.29 is 19.1 Å². The highest BCUT2D eigenvalue weighted by atomic mass is 16.6. The highest BCUT2D eigenvalue weighted by Crippen LogP contribution is 2.03. The Morgan fingerprint density at radius 2 is 1.72 bits per heavy atom. The molecule has 0 heterocycles. The van der Waals surface area contributed by atoms with E-state index in [9.17, 15) is 9.59 Å². The normalized spacial score (nSPS) is 9.61. The van der Waals surface area contributed by atoms with Gasteiger partial charge in [0.1, 0.15) is 11.8 Å². The van der Waals surface area contributed by atoms with Crippen LogP contribution in [0.3, 0.4) is 0 Å². The molecule has 0 rings (SSSR count). The van der Waals surface area contributed by atoms with Crippen molar-refractivity contribution in [2.75, 3.05) is 0 Å². The summed E-state index contributed by atoms with van der Waals surface area (Å²) in [5, 5.41) is 9.29. The Labute approximate surface area is 106 Å². The number of allylic oxidation sites excluding steroid dienone is 1. The second kappa shape index (κ2) is 7.17. The van der Waals surface area contributed by atoms with E-state index in [4.69, 9.17) is 14.7 Å². The maximum absolute atomic E-state index is 11.6. The van der Waals surface area contributed by atoms with Crippen molar-refractivity contribution in [2.24, 2.45) is 0 Å². The SMILES string of the molecule is C=C(C#N)N(NC(=O)OC(C)C)C(=O)OC(C)C. The predicted octanol–water partition coefficient (Wildman–Crippen LogP) is 1.92. The van der Waals surface area contributed by atoms with Crippen molar-refractivity contribution in [3.63, 3.8) is 0 Å². The number of nitrogens with one attached hydrogen (secondary N) is 1. The van der Waals surface area contributed by atoms with E-state index in [0.717, 1.165) is 0 Å². The number of amides is 2. The quantitative estimate of drug-likeness (QED) is 0.614. The highest BCUT2D eigenvalue weighted by Gasteiger charge is 2.22. The van der Waals surface area contributed by atoms with Crippen molar-refractivity contribution in [1.82, 2.24) is 10.4 Å². The lowest BCUT2D eigenvalue weighted by Gasteiger charge is -2.22. The lowest BCUT2D eigenvalue weighted by Crippen LogP contribution is -2.46. The zero-order valence-electron chi connectivity index (χ0n) is 10.9. The van der Waals surface area contributed by atoms with Crippen LogP contribution in [0.2, 0.25) is 0 Å². The molecule has 0 aliphatic rings. The summed E-state index contributed by atoms with van der Waals surface area (Å²) in [6.45, 7) is 9.90. The molecule has 0 radical (unpaired) electrons. The molecule has 0 aromatic rings. The molecule has 7 heteroatoms. The van der Waals surface area contributed by atoms with Gasteiger partial charge in [0, 0.05) is 0 Å². The first kappa shape index (κ1) is 15.8. The van der Waals surface area contributed by atoms with E-state index >= 15 is 0 Å². The summed E-state index contributed by atoms with van der Waals surface area (Å²) in [7, 11) is 0. The second-order valence-corrected chi connectivity index (χ2v) is 3.89. The van der Waals surface area contributed by atoms with Crippen LogP contribution >= 0.6 is 0 Å². The molecular formula is C11H17N3O4.